The molecule has 2 aromatic rings. The number of carbonyl (C=O) groups excluding carboxylic acids is 1. The summed E-state index contributed by atoms with van der Waals surface area (Å²) in [7, 11) is 0. The maximum Gasteiger partial charge on any atom is 0.298 e. The van der Waals surface area contributed by atoms with Crippen molar-refractivity contribution >= 4 is 39.9 Å². The second kappa shape index (κ2) is 5.86. The van der Waals surface area contributed by atoms with Gasteiger partial charge in [-0.05, 0) is 18.2 Å². The summed E-state index contributed by atoms with van der Waals surface area (Å²) in [6, 6.07) is 6.31. The second-order valence-electron chi connectivity index (χ2n) is 5.61. The van der Waals surface area contributed by atoms with Gasteiger partial charge >= 0.3 is 0 Å². The standard InChI is InChI=1S/C15H16N4O3S/c20-14-4-2-11(17-18-14)10-1-3-13-12(9-10)16-15(22-13)19-5-7-23(21)8-6-19/h1,3,9H,2,4-8H2,(H,18,20). The van der Waals surface area contributed by atoms with Gasteiger partial charge in [0.15, 0.2) is 5.58 Å². The SMILES string of the molecule is O=C1CCC(c2ccc3oc(N4CC[S+]([O-])CC4)nc3c2)=NN1. The first-order chi connectivity index (χ1) is 11.2. The van der Waals surface area contributed by atoms with E-state index in [2.05, 4.69) is 15.5 Å². The molecule has 8 heteroatoms. The van der Waals surface area contributed by atoms with Crippen LogP contribution in [0.15, 0.2) is 27.7 Å². The summed E-state index contributed by atoms with van der Waals surface area (Å²) in [6.07, 6.45) is 1.08. The number of nitrogens with one attached hydrogen (secondary N) is 1. The van der Waals surface area contributed by atoms with Gasteiger partial charge in [0.25, 0.3) is 6.01 Å². The number of hydrogen-bond donors (Lipinski definition) is 1. The lowest BCUT2D eigenvalue weighted by atomic mass is 10.0. The smallest absolute Gasteiger partial charge is 0.298 e. The molecule has 1 amide bonds. The second-order valence-corrected chi connectivity index (χ2v) is 7.30. The molecule has 1 fully saturated rings. The minimum Gasteiger partial charge on any atom is -0.616 e. The monoisotopic (exact) mass is 332 g/mol. The van der Waals surface area contributed by atoms with Crippen LogP contribution in [0.5, 0.6) is 0 Å². The highest BCUT2D eigenvalue weighted by Gasteiger charge is 2.23. The molecule has 1 aromatic heterocycles. The fourth-order valence-electron chi connectivity index (χ4n) is 2.74. The summed E-state index contributed by atoms with van der Waals surface area (Å²) in [5.74, 6) is 1.25. The fourth-order valence-corrected chi connectivity index (χ4v) is 3.79. The molecule has 0 unspecified atom stereocenters. The van der Waals surface area contributed by atoms with E-state index in [-0.39, 0.29) is 5.91 Å². The van der Waals surface area contributed by atoms with Crippen LogP contribution in [0.25, 0.3) is 11.1 Å². The molecule has 0 atom stereocenters. The topological polar surface area (TPSA) is 93.8 Å². The Morgan fingerprint density at radius 2 is 2.09 bits per heavy atom. The molecule has 0 bridgehead atoms. The van der Waals surface area contributed by atoms with E-state index in [9.17, 15) is 9.35 Å². The summed E-state index contributed by atoms with van der Waals surface area (Å²) in [5.41, 5.74) is 5.79. The molecule has 7 nitrogen and oxygen atoms in total. The predicted molar refractivity (Wildman–Crippen MR) is 88.0 cm³/mol. The molecular weight excluding hydrogens is 316 g/mol. The van der Waals surface area contributed by atoms with Crippen molar-refractivity contribution in [1.29, 1.82) is 0 Å². The van der Waals surface area contributed by atoms with Crippen molar-refractivity contribution < 1.29 is 13.8 Å². The van der Waals surface area contributed by atoms with E-state index >= 15 is 0 Å². The van der Waals surface area contributed by atoms with Gasteiger partial charge in [-0.15, -0.1) is 0 Å². The van der Waals surface area contributed by atoms with Crippen LogP contribution >= 0.6 is 0 Å². The molecule has 4 rings (SSSR count). The first-order valence-corrected chi connectivity index (χ1v) is 9.04. The summed E-state index contributed by atoms with van der Waals surface area (Å²) >= 11 is -0.724. The van der Waals surface area contributed by atoms with Gasteiger partial charge in [0.05, 0.1) is 18.8 Å². The Hall–Kier alpha value is -2.06. The Morgan fingerprint density at radius 3 is 2.83 bits per heavy atom. The summed E-state index contributed by atoms with van der Waals surface area (Å²) < 4.78 is 17.3. The normalized spacial score (nSPS) is 19.8. The van der Waals surface area contributed by atoms with Crippen LogP contribution in [0.2, 0.25) is 0 Å². The molecule has 120 valence electrons. The minimum atomic E-state index is -0.724. The molecule has 2 aliphatic heterocycles. The van der Waals surface area contributed by atoms with Crippen molar-refractivity contribution in [3.63, 3.8) is 0 Å². The lowest BCUT2D eigenvalue weighted by Gasteiger charge is -2.26. The Morgan fingerprint density at radius 1 is 1.26 bits per heavy atom. The van der Waals surface area contributed by atoms with Crippen LogP contribution < -0.4 is 10.3 Å². The highest BCUT2D eigenvalue weighted by molar-refractivity contribution is 7.91. The van der Waals surface area contributed by atoms with Crippen molar-refractivity contribution in [2.24, 2.45) is 5.10 Å². The molecular formula is C15H16N4O3S. The number of hydrazone groups is 1. The average molecular weight is 332 g/mol. The predicted octanol–water partition coefficient (Wildman–Crippen LogP) is 1.01. The Bertz CT molecular complexity index is 780. The van der Waals surface area contributed by atoms with Crippen LogP contribution in [0.3, 0.4) is 0 Å². The fraction of sp³-hybridized carbons (Fsp3) is 0.400. The largest absolute Gasteiger partial charge is 0.616 e. The highest BCUT2D eigenvalue weighted by Crippen LogP contribution is 2.25. The molecule has 0 saturated carbocycles. The lowest BCUT2D eigenvalue weighted by molar-refractivity contribution is -0.121. The Balaban J connectivity index is 1.61. The first-order valence-electron chi connectivity index (χ1n) is 7.55. The van der Waals surface area contributed by atoms with Gasteiger partial charge in [0.1, 0.15) is 17.0 Å². The summed E-state index contributed by atoms with van der Waals surface area (Å²) in [4.78, 5) is 17.8. The van der Waals surface area contributed by atoms with E-state index in [1.165, 1.54) is 0 Å². The maximum absolute atomic E-state index is 11.4. The number of fused-ring (bicyclic) bond motifs is 1. The summed E-state index contributed by atoms with van der Waals surface area (Å²) in [5, 5.41) is 4.11. The zero-order chi connectivity index (χ0) is 15.8. The first kappa shape index (κ1) is 14.5. The molecule has 0 aliphatic carbocycles. The molecule has 3 heterocycles. The molecule has 1 saturated heterocycles. The Kier molecular flexibility index (Phi) is 3.70. The van der Waals surface area contributed by atoms with Gasteiger partial charge in [-0.3, -0.25) is 4.79 Å². The summed E-state index contributed by atoms with van der Waals surface area (Å²) in [6.45, 7) is 1.40. The van der Waals surface area contributed by atoms with E-state index < -0.39 is 11.2 Å². The quantitative estimate of drug-likeness (QED) is 0.828. The molecule has 0 radical (unpaired) electrons. The third kappa shape index (κ3) is 2.91. The van der Waals surface area contributed by atoms with E-state index in [0.29, 0.717) is 43.5 Å². The number of aromatic nitrogens is 1. The van der Waals surface area contributed by atoms with Crippen molar-refractivity contribution in [1.82, 2.24) is 10.4 Å². The third-order valence-electron chi connectivity index (χ3n) is 4.06. The van der Waals surface area contributed by atoms with E-state index in [1.807, 2.05) is 23.1 Å². The molecule has 1 aromatic carbocycles. The molecule has 0 spiro atoms. The van der Waals surface area contributed by atoms with Crippen molar-refractivity contribution in [3.8, 4) is 0 Å². The third-order valence-corrected chi connectivity index (χ3v) is 5.34. The average Bonchev–Trinajstić information content (AvgIpc) is 2.99. The molecule has 23 heavy (non-hydrogen) atoms. The van der Waals surface area contributed by atoms with Gasteiger partial charge in [0, 0.05) is 18.4 Å². The molecule has 1 N–H and O–H groups in total. The van der Waals surface area contributed by atoms with Crippen LogP contribution in [0, 0.1) is 0 Å². The zero-order valence-corrected chi connectivity index (χ0v) is 13.3. The number of benzene rings is 1. The number of rotatable bonds is 2. The van der Waals surface area contributed by atoms with Crippen molar-refractivity contribution in [2.75, 3.05) is 29.5 Å². The van der Waals surface area contributed by atoms with Gasteiger partial charge in [0.2, 0.25) is 5.91 Å². The van der Waals surface area contributed by atoms with Crippen LogP contribution in [0.1, 0.15) is 18.4 Å². The van der Waals surface area contributed by atoms with Gasteiger partial charge in [-0.1, -0.05) is 11.2 Å². The van der Waals surface area contributed by atoms with E-state index in [0.717, 1.165) is 22.4 Å². The van der Waals surface area contributed by atoms with Crippen LogP contribution in [-0.4, -0.2) is 45.8 Å². The number of amides is 1. The number of anilines is 1. The van der Waals surface area contributed by atoms with Gasteiger partial charge in [-0.2, -0.15) is 10.1 Å². The van der Waals surface area contributed by atoms with Crippen molar-refractivity contribution in [2.45, 2.75) is 12.8 Å². The van der Waals surface area contributed by atoms with E-state index in [4.69, 9.17) is 4.42 Å². The highest BCUT2D eigenvalue weighted by atomic mass is 32.2. The number of oxazole rings is 1. The van der Waals surface area contributed by atoms with Crippen LogP contribution in [-0.2, 0) is 16.0 Å². The number of nitrogens with zero attached hydrogens (tertiary/aromatic N) is 3. The molecule has 2 aliphatic rings. The zero-order valence-electron chi connectivity index (χ0n) is 12.4. The van der Waals surface area contributed by atoms with Crippen LogP contribution in [0.4, 0.5) is 6.01 Å². The maximum atomic E-state index is 11.4. The van der Waals surface area contributed by atoms with Crippen molar-refractivity contribution in [3.05, 3.63) is 23.8 Å². The lowest BCUT2D eigenvalue weighted by Crippen LogP contribution is -2.40. The number of hydrogen-bond acceptors (Lipinski definition) is 6. The van der Waals surface area contributed by atoms with E-state index in [1.54, 1.807) is 0 Å². The number of carbonyl (C=O) groups is 1. The van der Waals surface area contributed by atoms with Gasteiger partial charge in [-0.25, -0.2) is 5.43 Å². The minimum absolute atomic E-state index is 0.0546. The van der Waals surface area contributed by atoms with Gasteiger partial charge < -0.3 is 13.9 Å². The Labute approximate surface area is 135 Å².